The third-order valence-corrected chi connectivity index (χ3v) is 12.2. The number of likely N-dealkylation sites (tertiary alicyclic amines) is 1. The number of nitrogens with one attached hydrogen (secondary N) is 1. The topological polar surface area (TPSA) is 69.7 Å². The zero-order chi connectivity index (χ0) is 31.4. The number of halogens is 3. The van der Waals surface area contributed by atoms with Crippen LogP contribution in [0.3, 0.4) is 0 Å². The number of benzene rings is 2. The van der Waals surface area contributed by atoms with Crippen molar-refractivity contribution in [1.82, 2.24) is 14.5 Å². The Hall–Kier alpha value is -2.43. The molecule has 1 N–H and O–H groups in total. The average molecular weight is 634 g/mol. The lowest BCUT2D eigenvalue weighted by Gasteiger charge is -2.47. The van der Waals surface area contributed by atoms with Crippen molar-refractivity contribution < 1.29 is 26.4 Å². The van der Waals surface area contributed by atoms with Crippen molar-refractivity contribution in [1.29, 1.82) is 0 Å². The van der Waals surface area contributed by atoms with E-state index in [9.17, 15) is 26.4 Å². The predicted octanol–water partition coefficient (Wildman–Crippen LogP) is 6.96. The van der Waals surface area contributed by atoms with E-state index in [1.807, 2.05) is 0 Å². The molecule has 2 heterocycles. The summed E-state index contributed by atoms with van der Waals surface area (Å²) in [5.74, 6) is -0.199. The molecule has 6 nitrogen and oxygen atoms in total. The molecule has 0 bridgehead atoms. The van der Waals surface area contributed by atoms with Crippen LogP contribution in [0, 0.1) is 11.8 Å². The molecule has 2 atom stereocenters. The summed E-state index contributed by atoms with van der Waals surface area (Å²) in [6.07, 6.45) is 6.31. The Labute approximate surface area is 260 Å². The molecule has 44 heavy (non-hydrogen) atoms. The van der Waals surface area contributed by atoms with Gasteiger partial charge < -0.3 is 5.32 Å². The van der Waals surface area contributed by atoms with Crippen LogP contribution >= 0.6 is 0 Å². The highest BCUT2D eigenvalue weighted by Crippen LogP contribution is 2.46. The van der Waals surface area contributed by atoms with Gasteiger partial charge in [0.05, 0.1) is 16.4 Å². The summed E-state index contributed by atoms with van der Waals surface area (Å²) in [5, 5.41) is 3.03. The van der Waals surface area contributed by atoms with E-state index < -0.39 is 33.7 Å². The van der Waals surface area contributed by atoms with Crippen LogP contribution in [-0.4, -0.2) is 55.8 Å². The van der Waals surface area contributed by atoms with Crippen LogP contribution in [0.25, 0.3) is 0 Å². The second kappa shape index (κ2) is 13.9. The Balaban J connectivity index is 1.13. The SMILES string of the molecule is CC(C(=O)NCCCC1CCC(c2ccccc2)(N2CCCC2)CC1)C1CCCCN1S(=O)(=O)c1cccc(C(F)(F)F)c1. The van der Waals surface area contributed by atoms with Crippen LogP contribution in [0.5, 0.6) is 0 Å². The van der Waals surface area contributed by atoms with Gasteiger partial charge in [-0.2, -0.15) is 17.5 Å². The van der Waals surface area contributed by atoms with E-state index in [4.69, 9.17) is 0 Å². The van der Waals surface area contributed by atoms with E-state index in [2.05, 4.69) is 40.5 Å². The number of carbonyl (C=O) groups excluding carboxylic acids is 1. The van der Waals surface area contributed by atoms with Crippen molar-refractivity contribution >= 4 is 15.9 Å². The first-order chi connectivity index (χ1) is 21.0. The quantitative estimate of drug-likeness (QED) is 0.287. The van der Waals surface area contributed by atoms with Crippen LogP contribution in [0.1, 0.15) is 88.7 Å². The molecule has 0 spiro atoms. The number of nitrogens with zero attached hydrogens (tertiary/aromatic N) is 2. The largest absolute Gasteiger partial charge is 0.416 e. The second-order valence-electron chi connectivity index (χ2n) is 13.0. The minimum atomic E-state index is -4.64. The summed E-state index contributed by atoms with van der Waals surface area (Å²) in [7, 11) is -4.20. The van der Waals surface area contributed by atoms with Crippen molar-refractivity contribution in [2.75, 3.05) is 26.2 Å². The summed E-state index contributed by atoms with van der Waals surface area (Å²) in [6, 6.07) is 14.2. The van der Waals surface area contributed by atoms with Gasteiger partial charge in [-0.3, -0.25) is 9.69 Å². The molecular formula is C34H46F3N3O3S. The normalized spacial score (nSPS) is 26.4. The summed E-state index contributed by atoms with van der Waals surface area (Å²) < 4.78 is 68.1. The van der Waals surface area contributed by atoms with Crippen LogP contribution in [-0.2, 0) is 26.5 Å². The fraction of sp³-hybridized carbons (Fsp3) is 0.618. The predicted molar refractivity (Wildman–Crippen MR) is 165 cm³/mol. The third kappa shape index (κ3) is 7.18. The van der Waals surface area contributed by atoms with Gasteiger partial charge in [0.1, 0.15) is 0 Å². The minimum absolute atomic E-state index is 0.137. The molecule has 2 aromatic rings. The summed E-state index contributed by atoms with van der Waals surface area (Å²) in [5.41, 5.74) is 0.573. The van der Waals surface area contributed by atoms with Gasteiger partial charge in [-0.05, 0) is 107 Å². The van der Waals surface area contributed by atoms with Gasteiger partial charge >= 0.3 is 6.18 Å². The molecule has 5 rings (SSSR count). The van der Waals surface area contributed by atoms with Crippen LogP contribution < -0.4 is 5.32 Å². The smallest absolute Gasteiger partial charge is 0.356 e. The molecule has 1 amide bonds. The van der Waals surface area contributed by atoms with Crippen LogP contribution in [0.15, 0.2) is 59.5 Å². The lowest BCUT2D eigenvalue weighted by molar-refractivity contribution is -0.137. The zero-order valence-electron chi connectivity index (χ0n) is 25.7. The highest BCUT2D eigenvalue weighted by Gasteiger charge is 2.43. The average Bonchev–Trinajstić information content (AvgIpc) is 3.59. The maximum Gasteiger partial charge on any atom is 0.416 e. The first-order valence-corrected chi connectivity index (χ1v) is 17.7. The van der Waals surface area contributed by atoms with Crippen LogP contribution in [0.4, 0.5) is 13.2 Å². The fourth-order valence-corrected chi connectivity index (χ4v) is 9.57. The third-order valence-electron chi connectivity index (χ3n) is 10.3. The molecule has 2 unspecified atom stereocenters. The fourth-order valence-electron chi connectivity index (χ4n) is 7.76. The molecule has 10 heteroatoms. The Kier molecular flexibility index (Phi) is 10.4. The molecule has 242 valence electrons. The van der Waals surface area contributed by atoms with E-state index in [0.29, 0.717) is 31.4 Å². The van der Waals surface area contributed by atoms with E-state index in [1.165, 1.54) is 54.7 Å². The van der Waals surface area contributed by atoms with Gasteiger partial charge in [0.25, 0.3) is 0 Å². The zero-order valence-corrected chi connectivity index (χ0v) is 26.5. The summed E-state index contributed by atoms with van der Waals surface area (Å²) in [4.78, 5) is 15.5. The Bertz CT molecular complexity index is 1350. The molecule has 0 radical (unpaired) electrons. The number of hydrogen-bond donors (Lipinski definition) is 1. The number of sulfonamides is 1. The monoisotopic (exact) mass is 633 g/mol. The van der Waals surface area contributed by atoms with Crippen molar-refractivity contribution in [3.8, 4) is 0 Å². The molecule has 2 saturated heterocycles. The van der Waals surface area contributed by atoms with Gasteiger partial charge in [0.15, 0.2) is 0 Å². The van der Waals surface area contributed by atoms with E-state index in [-0.39, 0.29) is 22.9 Å². The molecule has 2 aromatic carbocycles. The first-order valence-electron chi connectivity index (χ1n) is 16.3. The van der Waals surface area contributed by atoms with E-state index in [1.54, 1.807) is 6.92 Å². The maximum absolute atomic E-state index is 13.5. The highest BCUT2D eigenvalue weighted by molar-refractivity contribution is 7.89. The number of amides is 1. The number of hydrogen-bond acceptors (Lipinski definition) is 4. The molecule has 1 aliphatic carbocycles. The molecule has 1 saturated carbocycles. The summed E-state index contributed by atoms with van der Waals surface area (Å²) in [6.45, 7) is 4.78. The van der Waals surface area contributed by atoms with Gasteiger partial charge in [0, 0.05) is 24.7 Å². The lowest BCUT2D eigenvalue weighted by Crippen LogP contribution is -2.50. The van der Waals surface area contributed by atoms with Gasteiger partial charge in [0.2, 0.25) is 15.9 Å². The maximum atomic E-state index is 13.5. The number of alkyl halides is 3. The molecule has 2 aliphatic heterocycles. The summed E-state index contributed by atoms with van der Waals surface area (Å²) >= 11 is 0. The molecule has 3 aliphatic rings. The minimum Gasteiger partial charge on any atom is -0.356 e. The van der Waals surface area contributed by atoms with Gasteiger partial charge in [-0.15, -0.1) is 0 Å². The highest BCUT2D eigenvalue weighted by atomic mass is 32.2. The number of carbonyl (C=O) groups is 1. The van der Waals surface area contributed by atoms with E-state index in [0.717, 1.165) is 44.2 Å². The van der Waals surface area contributed by atoms with Crippen molar-refractivity contribution in [2.24, 2.45) is 11.8 Å². The van der Waals surface area contributed by atoms with Crippen LogP contribution in [0.2, 0.25) is 0 Å². The molecule has 0 aromatic heterocycles. The number of piperidine rings is 1. The molecular weight excluding hydrogens is 587 g/mol. The Morgan fingerprint density at radius 2 is 1.64 bits per heavy atom. The van der Waals surface area contributed by atoms with Gasteiger partial charge in [-0.25, -0.2) is 8.42 Å². The van der Waals surface area contributed by atoms with Crippen molar-refractivity contribution in [3.63, 3.8) is 0 Å². The van der Waals surface area contributed by atoms with Crippen molar-refractivity contribution in [2.45, 2.75) is 100 Å². The van der Waals surface area contributed by atoms with Crippen molar-refractivity contribution in [3.05, 3.63) is 65.7 Å². The lowest BCUT2D eigenvalue weighted by atomic mass is 9.70. The Morgan fingerprint density at radius 3 is 2.32 bits per heavy atom. The van der Waals surface area contributed by atoms with Gasteiger partial charge in [-0.1, -0.05) is 49.7 Å². The molecule has 3 fully saturated rings. The Morgan fingerprint density at radius 1 is 0.955 bits per heavy atom. The first kappa shape index (κ1) is 32.9. The van der Waals surface area contributed by atoms with E-state index >= 15 is 0 Å². The second-order valence-corrected chi connectivity index (χ2v) is 14.9. The number of rotatable bonds is 10. The standard InChI is InChI=1S/C34H46F3N3O3S/c1-26(31-16-5-6-24-40(31)44(42,43)30-15-9-14-29(25-30)34(35,36)37)32(41)38-21-10-11-27-17-19-33(20-18-27,39-22-7-8-23-39)28-12-3-2-4-13-28/h2-4,9,12-15,25-27,31H,5-8,10-11,16-24H2,1H3,(H,38,41).